The third-order valence-electron chi connectivity index (χ3n) is 4.70. The number of carbonyl (C=O) groups excluding carboxylic acids is 1. The number of nitrogens with one attached hydrogen (secondary N) is 1. The minimum absolute atomic E-state index is 0.102. The average Bonchev–Trinajstić information content (AvgIpc) is 3.11. The number of aromatic nitrogens is 1. The molecular formula is C21H28N2O3S. The zero-order chi connectivity index (χ0) is 19.1. The van der Waals surface area contributed by atoms with Gasteiger partial charge in [-0.05, 0) is 50.3 Å². The maximum atomic E-state index is 12.4. The van der Waals surface area contributed by atoms with Gasteiger partial charge in [0.05, 0.1) is 24.4 Å². The number of amides is 1. The number of ether oxygens (including phenoxy) is 2. The smallest absolute Gasteiger partial charge is 0.251 e. The Morgan fingerprint density at radius 1 is 1.26 bits per heavy atom. The van der Waals surface area contributed by atoms with Crippen molar-refractivity contribution in [2.24, 2.45) is 0 Å². The first-order chi connectivity index (χ1) is 13.2. The summed E-state index contributed by atoms with van der Waals surface area (Å²) in [6.07, 6.45) is 7.62. The first kappa shape index (κ1) is 19.7. The summed E-state index contributed by atoms with van der Waals surface area (Å²) in [7, 11) is 1.59. The molecule has 146 valence electrons. The molecule has 0 atom stereocenters. The zero-order valence-electron chi connectivity index (χ0n) is 16.2. The average molecular weight is 389 g/mol. The fourth-order valence-corrected chi connectivity index (χ4v) is 4.31. The lowest BCUT2D eigenvalue weighted by molar-refractivity contribution is 0.0953. The summed E-state index contributed by atoms with van der Waals surface area (Å²) in [4.78, 5) is 18.6. The summed E-state index contributed by atoms with van der Waals surface area (Å²) in [6, 6.07) is 5.32. The molecular weight excluding hydrogens is 360 g/mol. The molecule has 3 rings (SSSR count). The molecule has 27 heavy (non-hydrogen) atoms. The highest BCUT2D eigenvalue weighted by molar-refractivity contribution is 7.11. The number of aryl methyl sites for hydroxylation is 2. The van der Waals surface area contributed by atoms with Crippen molar-refractivity contribution in [2.45, 2.75) is 51.9 Å². The van der Waals surface area contributed by atoms with Gasteiger partial charge in [0.15, 0.2) is 11.5 Å². The van der Waals surface area contributed by atoms with Crippen LogP contribution in [0.3, 0.4) is 0 Å². The van der Waals surface area contributed by atoms with Crippen molar-refractivity contribution in [3.63, 3.8) is 0 Å². The molecule has 0 fully saturated rings. The molecule has 1 aromatic heterocycles. The van der Waals surface area contributed by atoms with E-state index < -0.39 is 0 Å². The third-order valence-corrected chi connectivity index (χ3v) is 5.91. The number of benzene rings is 1. The molecule has 1 N–H and O–H groups in total. The summed E-state index contributed by atoms with van der Waals surface area (Å²) in [5, 5.41) is 4.11. The van der Waals surface area contributed by atoms with Crippen molar-refractivity contribution in [1.82, 2.24) is 10.3 Å². The molecule has 0 bridgehead atoms. The van der Waals surface area contributed by atoms with Crippen molar-refractivity contribution < 1.29 is 14.3 Å². The van der Waals surface area contributed by atoms with E-state index in [0.717, 1.165) is 37.1 Å². The van der Waals surface area contributed by atoms with Gasteiger partial charge < -0.3 is 14.8 Å². The summed E-state index contributed by atoms with van der Waals surface area (Å²) in [6.45, 7) is 3.35. The van der Waals surface area contributed by atoms with Gasteiger partial charge in [0.1, 0.15) is 0 Å². The molecule has 0 unspecified atom stereocenters. The van der Waals surface area contributed by atoms with Gasteiger partial charge >= 0.3 is 0 Å². The molecule has 6 heteroatoms. The number of hydrogen-bond donors (Lipinski definition) is 1. The molecule has 5 nitrogen and oxygen atoms in total. The fourth-order valence-electron chi connectivity index (χ4n) is 3.15. The van der Waals surface area contributed by atoms with Gasteiger partial charge in [0, 0.05) is 23.4 Å². The van der Waals surface area contributed by atoms with Gasteiger partial charge in [0.25, 0.3) is 5.91 Å². The summed E-state index contributed by atoms with van der Waals surface area (Å²) in [5.41, 5.74) is 1.85. The predicted molar refractivity (Wildman–Crippen MR) is 108 cm³/mol. The van der Waals surface area contributed by atoms with Crippen LogP contribution >= 0.6 is 11.3 Å². The highest BCUT2D eigenvalue weighted by Gasteiger charge is 2.15. The number of nitrogens with zero attached hydrogens (tertiary/aromatic N) is 1. The molecule has 0 saturated heterocycles. The third kappa shape index (κ3) is 5.22. The van der Waals surface area contributed by atoms with Crippen LogP contribution in [0.2, 0.25) is 0 Å². The van der Waals surface area contributed by atoms with Crippen LogP contribution in [0.25, 0.3) is 0 Å². The van der Waals surface area contributed by atoms with Crippen molar-refractivity contribution in [3.8, 4) is 11.5 Å². The van der Waals surface area contributed by atoms with Crippen LogP contribution in [-0.2, 0) is 19.3 Å². The number of hydrogen-bond acceptors (Lipinski definition) is 5. The van der Waals surface area contributed by atoms with Gasteiger partial charge in [-0.15, -0.1) is 11.3 Å². The Morgan fingerprint density at radius 3 is 2.89 bits per heavy atom. The normalized spacial score (nSPS) is 13.1. The van der Waals surface area contributed by atoms with E-state index in [4.69, 9.17) is 14.5 Å². The first-order valence-corrected chi connectivity index (χ1v) is 10.6. The van der Waals surface area contributed by atoms with Crippen LogP contribution in [0, 0.1) is 0 Å². The Balaban J connectivity index is 1.53. The quantitative estimate of drug-likeness (QED) is 0.655. The van der Waals surface area contributed by atoms with E-state index >= 15 is 0 Å². The summed E-state index contributed by atoms with van der Waals surface area (Å²) >= 11 is 1.80. The van der Waals surface area contributed by atoms with Crippen molar-refractivity contribution >= 4 is 17.2 Å². The number of unbranched alkanes of at least 4 members (excludes halogenated alkanes) is 1. The van der Waals surface area contributed by atoms with Gasteiger partial charge in [-0.2, -0.15) is 0 Å². The molecule has 0 saturated carbocycles. The van der Waals surface area contributed by atoms with E-state index in [1.54, 1.807) is 36.6 Å². The minimum Gasteiger partial charge on any atom is -0.493 e. The number of thiazole rings is 1. The number of rotatable bonds is 9. The van der Waals surface area contributed by atoms with E-state index in [0.29, 0.717) is 30.2 Å². The van der Waals surface area contributed by atoms with Gasteiger partial charge in [-0.1, -0.05) is 13.3 Å². The van der Waals surface area contributed by atoms with Gasteiger partial charge in [-0.3, -0.25) is 4.79 Å². The standard InChI is InChI=1S/C21H28N2O3S/c1-3-4-13-26-17-10-9-15(14-18(17)25-2)21(24)22-12-11-20-23-16-7-5-6-8-19(16)27-20/h9-10,14H,3-8,11-13H2,1-2H3,(H,22,24). The lowest BCUT2D eigenvalue weighted by Crippen LogP contribution is -2.25. The Morgan fingerprint density at radius 2 is 2.11 bits per heavy atom. The van der Waals surface area contributed by atoms with Gasteiger partial charge in [0.2, 0.25) is 0 Å². The summed E-state index contributed by atoms with van der Waals surface area (Å²) < 4.78 is 11.1. The largest absolute Gasteiger partial charge is 0.493 e. The highest BCUT2D eigenvalue weighted by Crippen LogP contribution is 2.29. The maximum Gasteiger partial charge on any atom is 0.251 e. The van der Waals surface area contributed by atoms with E-state index in [1.165, 1.54) is 23.4 Å². The SMILES string of the molecule is CCCCOc1ccc(C(=O)NCCc2nc3c(s2)CCCC3)cc1OC. The monoisotopic (exact) mass is 388 g/mol. The van der Waals surface area contributed by atoms with Crippen molar-refractivity contribution in [2.75, 3.05) is 20.3 Å². The lowest BCUT2D eigenvalue weighted by Gasteiger charge is -2.12. The highest BCUT2D eigenvalue weighted by atomic mass is 32.1. The maximum absolute atomic E-state index is 12.4. The van der Waals surface area contributed by atoms with E-state index in [1.807, 2.05) is 0 Å². The Hall–Kier alpha value is -2.08. The number of fused-ring (bicyclic) bond motifs is 1. The molecule has 1 aliphatic carbocycles. The van der Waals surface area contributed by atoms with Crippen LogP contribution in [0.4, 0.5) is 0 Å². The fraction of sp³-hybridized carbons (Fsp3) is 0.524. The van der Waals surface area contributed by atoms with Crippen LogP contribution in [0.15, 0.2) is 18.2 Å². The van der Waals surface area contributed by atoms with E-state index in [2.05, 4.69) is 12.2 Å². The molecule has 1 aliphatic rings. The lowest BCUT2D eigenvalue weighted by atomic mass is 10.0. The Labute approximate surface area is 165 Å². The molecule has 2 aromatic rings. The van der Waals surface area contributed by atoms with Crippen molar-refractivity contribution in [3.05, 3.63) is 39.3 Å². The minimum atomic E-state index is -0.102. The van der Waals surface area contributed by atoms with E-state index in [9.17, 15) is 4.79 Å². The molecule has 1 amide bonds. The molecule has 1 aromatic carbocycles. The molecule has 0 aliphatic heterocycles. The molecule has 0 radical (unpaired) electrons. The van der Waals surface area contributed by atoms with Gasteiger partial charge in [-0.25, -0.2) is 4.98 Å². The zero-order valence-corrected chi connectivity index (χ0v) is 17.0. The van der Waals surface area contributed by atoms with Crippen molar-refractivity contribution in [1.29, 1.82) is 0 Å². The van der Waals surface area contributed by atoms with Crippen LogP contribution in [-0.4, -0.2) is 31.2 Å². The van der Waals surface area contributed by atoms with E-state index in [-0.39, 0.29) is 5.91 Å². The van der Waals surface area contributed by atoms with Crippen LogP contribution in [0.5, 0.6) is 11.5 Å². The molecule has 1 heterocycles. The summed E-state index contributed by atoms with van der Waals surface area (Å²) in [5.74, 6) is 1.16. The topological polar surface area (TPSA) is 60.5 Å². The number of carbonyl (C=O) groups is 1. The number of methoxy groups -OCH3 is 1. The Kier molecular flexibility index (Phi) is 7.10. The second-order valence-electron chi connectivity index (χ2n) is 6.76. The second-order valence-corrected chi connectivity index (χ2v) is 7.93. The molecule has 0 spiro atoms. The second kappa shape index (κ2) is 9.74. The van der Waals surface area contributed by atoms with Crippen LogP contribution in [0.1, 0.15) is 58.5 Å². The van der Waals surface area contributed by atoms with Crippen LogP contribution < -0.4 is 14.8 Å². The Bertz CT molecular complexity index is 749. The first-order valence-electron chi connectivity index (χ1n) is 9.77. The predicted octanol–water partition coefficient (Wildman–Crippen LogP) is 4.18.